The van der Waals surface area contributed by atoms with Gasteiger partial charge in [-0.25, -0.2) is 0 Å². The van der Waals surface area contributed by atoms with Gasteiger partial charge >= 0.3 is 0 Å². The molecule has 0 aliphatic rings. The van der Waals surface area contributed by atoms with Crippen LogP contribution < -0.4 is 11.1 Å². The third kappa shape index (κ3) is 3.93. The summed E-state index contributed by atoms with van der Waals surface area (Å²) < 4.78 is 1.92. The number of carbonyl (C=O) groups excluding carboxylic acids is 1. The van der Waals surface area contributed by atoms with E-state index in [0.29, 0.717) is 5.56 Å². The molecule has 3 N–H and O–H groups in total. The topological polar surface area (TPSA) is 72.9 Å². The van der Waals surface area contributed by atoms with E-state index in [0.717, 1.165) is 25.2 Å². The summed E-state index contributed by atoms with van der Waals surface area (Å²) >= 11 is 0. The van der Waals surface area contributed by atoms with Crippen molar-refractivity contribution in [3.05, 3.63) is 53.3 Å². The first kappa shape index (κ1) is 13.3. The van der Waals surface area contributed by atoms with Crippen LogP contribution in [-0.2, 0) is 13.1 Å². The summed E-state index contributed by atoms with van der Waals surface area (Å²) in [6.45, 7) is 4.47. The lowest BCUT2D eigenvalue weighted by Crippen LogP contribution is -2.19. The van der Waals surface area contributed by atoms with Gasteiger partial charge < -0.3 is 11.1 Å². The molecule has 0 saturated carbocycles. The number of primary amides is 1. The first-order valence-corrected chi connectivity index (χ1v) is 6.23. The van der Waals surface area contributed by atoms with Crippen molar-refractivity contribution in [3.8, 4) is 0 Å². The Kier molecular flexibility index (Phi) is 4.30. The van der Waals surface area contributed by atoms with E-state index in [9.17, 15) is 4.79 Å². The molecule has 0 radical (unpaired) electrons. The number of aryl methyl sites for hydroxylation is 1. The van der Waals surface area contributed by atoms with Crippen LogP contribution >= 0.6 is 0 Å². The van der Waals surface area contributed by atoms with Crippen LogP contribution in [0.4, 0.5) is 0 Å². The van der Waals surface area contributed by atoms with Crippen molar-refractivity contribution in [1.82, 2.24) is 15.1 Å². The fourth-order valence-electron chi connectivity index (χ4n) is 1.80. The summed E-state index contributed by atoms with van der Waals surface area (Å²) in [6.07, 6.45) is 3.87. The molecular formula is C14H18N4O. The Bertz CT molecular complexity index is 545. The second kappa shape index (κ2) is 6.15. The van der Waals surface area contributed by atoms with Crippen molar-refractivity contribution in [2.75, 3.05) is 6.54 Å². The molecule has 100 valence electrons. The minimum absolute atomic E-state index is 0.395. The quantitative estimate of drug-likeness (QED) is 0.761. The van der Waals surface area contributed by atoms with Crippen LogP contribution in [0.5, 0.6) is 0 Å². The third-order valence-corrected chi connectivity index (χ3v) is 2.85. The van der Waals surface area contributed by atoms with Crippen LogP contribution in [0.2, 0.25) is 0 Å². The van der Waals surface area contributed by atoms with Gasteiger partial charge in [-0.15, -0.1) is 0 Å². The monoisotopic (exact) mass is 258 g/mol. The molecule has 0 fully saturated rings. The first-order valence-electron chi connectivity index (χ1n) is 6.23. The zero-order chi connectivity index (χ0) is 13.7. The molecule has 0 unspecified atom stereocenters. The molecule has 0 aliphatic heterocycles. The number of benzene rings is 1. The van der Waals surface area contributed by atoms with Gasteiger partial charge in [-0.1, -0.05) is 12.1 Å². The molecule has 19 heavy (non-hydrogen) atoms. The molecule has 0 atom stereocenters. The van der Waals surface area contributed by atoms with Crippen LogP contribution in [0.1, 0.15) is 21.5 Å². The standard InChI is InChI=1S/C14H18N4O/c1-11-8-17-18(10-11)7-6-16-9-12-2-4-13(5-3-12)14(15)19/h2-5,8,10,16H,6-7,9H2,1H3,(H2,15,19). The number of nitrogens with two attached hydrogens (primary N) is 1. The van der Waals surface area contributed by atoms with Gasteiger partial charge in [-0.05, 0) is 30.2 Å². The number of aromatic nitrogens is 2. The fourth-order valence-corrected chi connectivity index (χ4v) is 1.80. The molecule has 1 aromatic heterocycles. The number of hydrogen-bond acceptors (Lipinski definition) is 3. The van der Waals surface area contributed by atoms with E-state index in [1.54, 1.807) is 12.1 Å². The predicted octanol–water partition coefficient (Wildman–Crippen LogP) is 1.08. The zero-order valence-electron chi connectivity index (χ0n) is 11.0. The average molecular weight is 258 g/mol. The molecule has 2 rings (SSSR count). The van der Waals surface area contributed by atoms with E-state index in [4.69, 9.17) is 5.73 Å². The van der Waals surface area contributed by atoms with Crippen molar-refractivity contribution < 1.29 is 4.79 Å². The Hall–Kier alpha value is -2.14. The van der Waals surface area contributed by atoms with Gasteiger partial charge in [-0.2, -0.15) is 5.10 Å². The summed E-state index contributed by atoms with van der Waals surface area (Å²) in [4.78, 5) is 10.9. The fraction of sp³-hybridized carbons (Fsp3) is 0.286. The van der Waals surface area contributed by atoms with Crippen molar-refractivity contribution >= 4 is 5.91 Å². The second-order valence-corrected chi connectivity index (χ2v) is 4.52. The molecule has 0 bridgehead atoms. The number of hydrogen-bond donors (Lipinski definition) is 2. The van der Waals surface area contributed by atoms with Crippen LogP contribution in [0.3, 0.4) is 0 Å². The minimum atomic E-state index is -0.395. The molecule has 5 nitrogen and oxygen atoms in total. The Morgan fingerprint density at radius 2 is 2.11 bits per heavy atom. The SMILES string of the molecule is Cc1cnn(CCNCc2ccc(C(N)=O)cc2)c1. The zero-order valence-corrected chi connectivity index (χ0v) is 11.0. The van der Waals surface area contributed by atoms with Gasteiger partial charge in [0.2, 0.25) is 5.91 Å². The largest absolute Gasteiger partial charge is 0.366 e. The van der Waals surface area contributed by atoms with E-state index in [1.165, 1.54) is 5.56 Å². The summed E-state index contributed by atoms with van der Waals surface area (Å²) in [5.74, 6) is -0.395. The van der Waals surface area contributed by atoms with E-state index in [1.807, 2.05) is 36.1 Å². The van der Waals surface area contributed by atoms with Crippen LogP contribution in [0.25, 0.3) is 0 Å². The van der Waals surface area contributed by atoms with Crippen molar-refractivity contribution in [2.45, 2.75) is 20.0 Å². The smallest absolute Gasteiger partial charge is 0.248 e. The molecule has 1 heterocycles. The molecule has 1 amide bonds. The van der Waals surface area contributed by atoms with Crippen LogP contribution in [-0.4, -0.2) is 22.2 Å². The lowest BCUT2D eigenvalue weighted by molar-refractivity contribution is 0.100. The van der Waals surface area contributed by atoms with Gasteiger partial charge in [0.15, 0.2) is 0 Å². The van der Waals surface area contributed by atoms with Crippen LogP contribution in [0, 0.1) is 6.92 Å². The van der Waals surface area contributed by atoms with E-state index in [-0.39, 0.29) is 0 Å². The highest BCUT2D eigenvalue weighted by atomic mass is 16.1. The predicted molar refractivity (Wildman–Crippen MR) is 73.6 cm³/mol. The van der Waals surface area contributed by atoms with Gasteiger partial charge in [0.05, 0.1) is 12.7 Å². The maximum atomic E-state index is 10.9. The number of nitrogens with zero attached hydrogens (tertiary/aromatic N) is 2. The molecule has 0 saturated heterocycles. The van der Waals surface area contributed by atoms with Crippen LogP contribution in [0.15, 0.2) is 36.7 Å². The second-order valence-electron chi connectivity index (χ2n) is 4.52. The molecular weight excluding hydrogens is 240 g/mol. The maximum Gasteiger partial charge on any atom is 0.248 e. The third-order valence-electron chi connectivity index (χ3n) is 2.85. The highest BCUT2D eigenvalue weighted by Gasteiger charge is 1.99. The lowest BCUT2D eigenvalue weighted by Gasteiger charge is -2.05. The Balaban J connectivity index is 1.75. The van der Waals surface area contributed by atoms with Gasteiger partial charge in [0, 0.05) is 24.8 Å². The lowest BCUT2D eigenvalue weighted by atomic mass is 10.1. The highest BCUT2D eigenvalue weighted by Crippen LogP contribution is 2.03. The van der Waals surface area contributed by atoms with Crippen molar-refractivity contribution in [3.63, 3.8) is 0 Å². The minimum Gasteiger partial charge on any atom is -0.366 e. The summed E-state index contributed by atoms with van der Waals surface area (Å²) in [6, 6.07) is 7.31. The maximum absolute atomic E-state index is 10.9. The van der Waals surface area contributed by atoms with Crippen molar-refractivity contribution in [2.24, 2.45) is 5.73 Å². The molecule has 2 aromatic rings. The summed E-state index contributed by atoms with van der Waals surface area (Å²) in [5, 5.41) is 7.55. The van der Waals surface area contributed by atoms with E-state index >= 15 is 0 Å². The van der Waals surface area contributed by atoms with E-state index < -0.39 is 5.91 Å². The molecule has 0 aliphatic carbocycles. The number of rotatable bonds is 6. The molecule has 5 heteroatoms. The van der Waals surface area contributed by atoms with E-state index in [2.05, 4.69) is 10.4 Å². The first-order chi connectivity index (χ1) is 9.15. The Morgan fingerprint density at radius 1 is 1.37 bits per heavy atom. The van der Waals surface area contributed by atoms with Gasteiger partial charge in [0.25, 0.3) is 0 Å². The molecule has 0 spiro atoms. The Labute approximate surface area is 112 Å². The number of carbonyl (C=O) groups is 1. The summed E-state index contributed by atoms with van der Waals surface area (Å²) in [7, 11) is 0. The number of nitrogens with one attached hydrogen (secondary N) is 1. The highest BCUT2D eigenvalue weighted by molar-refractivity contribution is 5.92. The van der Waals surface area contributed by atoms with Gasteiger partial charge in [0.1, 0.15) is 0 Å². The summed E-state index contributed by atoms with van der Waals surface area (Å²) in [5.41, 5.74) is 8.02. The normalized spacial score (nSPS) is 10.6. The van der Waals surface area contributed by atoms with Gasteiger partial charge in [-0.3, -0.25) is 9.48 Å². The molecule has 1 aromatic carbocycles. The average Bonchev–Trinajstić information content (AvgIpc) is 2.81. The Morgan fingerprint density at radius 3 is 2.68 bits per heavy atom. The van der Waals surface area contributed by atoms with Crippen molar-refractivity contribution in [1.29, 1.82) is 0 Å². The number of amides is 1.